The first-order valence-electron chi connectivity index (χ1n) is 6.84. The molecule has 0 bridgehead atoms. The molecule has 1 unspecified atom stereocenters. The molecule has 2 N–H and O–H groups in total. The second kappa shape index (κ2) is 6.10. The summed E-state index contributed by atoms with van der Waals surface area (Å²) in [7, 11) is 0. The standard InChI is InChI=1S/C16H20N2O3/c1-11-4-6-13(9-17-11)8-15(19)18-10-16(3,20)14-7-5-12(2)21-14/h4-7,9,20H,8,10H2,1-3H3,(H,18,19). The lowest BCUT2D eigenvalue weighted by atomic mass is 10.0. The van der Waals surface area contributed by atoms with Crippen LogP contribution in [0.4, 0.5) is 0 Å². The predicted molar refractivity (Wildman–Crippen MR) is 78.7 cm³/mol. The highest BCUT2D eigenvalue weighted by Gasteiger charge is 2.27. The number of nitrogens with one attached hydrogen (secondary N) is 1. The highest BCUT2D eigenvalue weighted by Crippen LogP contribution is 2.21. The molecule has 2 aromatic rings. The van der Waals surface area contributed by atoms with Gasteiger partial charge < -0.3 is 14.8 Å². The molecule has 0 radical (unpaired) electrons. The molecule has 1 amide bonds. The topological polar surface area (TPSA) is 75.4 Å². The lowest BCUT2D eigenvalue weighted by Gasteiger charge is -2.21. The van der Waals surface area contributed by atoms with Gasteiger partial charge in [-0.2, -0.15) is 0 Å². The molecule has 21 heavy (non-hydrogen) atoms. The van der Waals surface area contributed by atoms with Crippen molar-refractivity contribution in [1.29, 1.82) is 0 Å². The maximum Gasteiger partial charge on any atom is 0.224 e. The molecule has 112 valence electrons. The van der Waals surface area contributed by atoms with Crippen LogP contribution in [0.2, 0.25) is 0 Å². The summed E-state index contributed by atoms with van der Waals surface area (Å²) in [4.78, 5) is 16.0. The summed E-state index contributed by atoms with van der Waals surface area (Å²) in [6.07, 6.45) is 1.92. The molecule has 5 heteroatoms. The monoisotopic (exact) mass is 288 g/mol. The van der Waals surface area contributed by atoms with Gasteiger partial charge in [0.05, 0.1) is 13.0 Å². The van der Waals surface area contributed by atoms with Gasteiger partial charge in [-0.25, -0.2) is 0 Å². The van der Waals surface area contributed by atoms with Crippen LogP contribution in [0.25, 0.3) is 0 Å². The number of aromatic nitrogens is 1. The summed E-state index contributed by atoms with van der Waals surface area (Å²) in [6.45, 7) is 5.41. The summed E-state index contributed by atoms with van der Waals surface area (Å²) in [5.41, 5.74) is 0.525. The summed E-state index contributed by atoms with van der Waals surface area (Å²) in [5.74, 6) is 1.00. The number of hydrogen-bond acceptors (Lipinski definition) is 4. The van der Waals surface area contributed by atoms with Gasteiger partial charge in [-0.1, -0.05) is 6.07 Å². The Labute approximate surface area is 124 Å². The van der Waals surface area contributed by atoms with E-state index in [2.05, 4.69) is 10.3 Å². The lowest BCUT2D eigenvalue weighted by Crippen LogP contribution is -2.39. The Hall–Kier alpha value is -2.14. The average Bonchev–Trinajstić information content (AvgIpc) is 2.87. The van der Waals surface area contributed by atoms with E-state index in [1.54, 1.807) is 25.3 Å². The number of furan rings is 1. The fourth-order valence-electron chi connectivity index (χ4n) is 1.93. The fraction of sp³-hybridized carbons (Fsp3) is 0.375. The van der Waals surface area contributed by atoms with E-state index in [1.165, 1.54) is 0 Å². The first-order chi connectivity index (χ1) is 9.87. The van der Waals surface area contributed by atoms with Gasteiger partial charge in [0.2, 0.25) is 5.91 Å². The first-order valence-corrected chi connectivity index (χ1v) is 6.84. The highest BCUT2D eigenvalue weighted by atomic mass is 16.4. The Kier molecular flexibility index (Phi) is 4.43. The first kappa shape index (κ1) is 15.3. The van der Waals surface area contributed by atoms with Gasteiger partial charge in [-0.15, -0.1) is 0 Å². The van der Waals surface area contributed by atoms with Crippen LogP contribution in [-0.4, -0.2) is 22.5 Å². The van der Waals surface area contributed by atoms with Crippen molar-refractivity contribution in [2.24, 2.45) is 0 Å². The zero-order chi connectivity index (χ0) is 15.5. The summed E-state index contributed by atoms with van der Waals surface area (Å²) in [5, 5.41) is 13.0. The number of hydrogen-bond donors (Lipinski definition) is 2. The van der Waals surface area contributed by atoms with Crippen LogP contribution in [-0.2, 0) is 16.8 Å². The molecule has 0 aliphatic heterocycles. The SMILES string of the molecule is Cc1ccc(CC(=O)NCC(C)(O)c2ccc(C)o2)cn1. The van der Waals surface area contributed by atoms with Crippen molar-refractivity contribution >= 4 is 5.91 Å². The minimum atomic E-state index is -1.23. The van der Waals surface area contributed by atoms with Crippen LogP contribution < -0.4 is 5.32 Å². The van der Waals surface area contributed by atoms with Crippen molar-refractivity contribution in [3.63, 3.8) is 0 Å². The Bertz CT molecular complexity index is 615. The van der Waals surface area contributed by atoms with Gasteiger partial charge in [0.1, 0.15) is 17.1 Å². The number of pyridine rings is 1. The number of carbonyl (C=O) groups is 1. The Morgan fingerprint density at radius 1 is 1.33 bits per heavy atom. The molecule has 2 heterocycles. The molecule has 5 nitrogen and oxygen atoms in total. The summed E-state index contributed by atoms with van der Waals surface area (Å²) in [6, 6.07) is 7.23. The fourth-order valence-corrected chi connectivity index (χ4v) is 1.93. The second-order valence-electron chi connectivity index (χ2n) is 5.45. The van der Waals surface area contributed by atoms with Gasteiger partial charge in [-0.05, 0) is 44.5 Å². The number of aliphatic hydroxyl groups is 1. The molecular formula is C16H20N2O3. The van der Waals surface area contributed by atoms with E-state index in [0.717, 1.165) is 17.0 Å². The third-order valence-electron chi connectivity index (χ3n) is 3.24. The number of amides is 1. The van der Waals surface area contributed by atoms with E-state index in [9.17, 15) is 9.90 Å². The molecule has 2 rings (SSSR count). The molecule has 0 aliphatic rings. The predicted octanol–water partition coefficient (Wildman–Crippen LogP) is 1.86. The molecule has 0 saturated heterocycles. The summed E-state index contributed by atoms with van der Waals surface area (Å²) >= 11 is 0. The molecule has 0 spiro atoms. The zero-order valence-corrected chi connectivity index (χ0v) is 12.5. The largest absolute Gasteiger partial charge is 0.463 e. The average molecular weight is 288 g/mol. The van der Waals surface area contributed by atoms with Crippen LogP contribution in [0, 0.1) is 13.8 Å². The maximum absolute atomic E-state index is 11.9. The third kappa shape index (κ3) is 4.16. The molecule has 1 atom stereocenters. The van der Waals surface area contributed by atoms with Crippen molar-refractivity contribution in [3.8, 4) is 0 Å². The molecule has 0 saturated carbocycles. The maximum atomic E-state index is 11.9. The number of nitrogens with zero attached hydrogens (tertiary/aromatic N) is 1. The number of aryl methyl sites for hydroxylation is 2. The third-order valence-corrected chi connectivity index (χ3v) is 3.24. The normalized spacial score (nSPS) is 13.7. The van der Waals surface area contributed by atoms with Gasteiger partial charge in [0.15, 0.2) is 0 Å². The van der Waals surface area contributed by atoms with E-state index < -0.39 is 5.60 Å². The van der Waals surface area contributed by atoms with Crippen molar-refractivity contribution in [2.75, 3.05) is 6.54 Å². The highest BCUT2D eigenvalue weighted by molar-refractivity contribution is 5.78. The van der Waals surface area contributed by atoms with Gasteiger partial charge in [0.25, 0.3) is 0 Å². The second-order valence-corrected chi connectivity index (χ2v) is 5.45. The lowest BCUT2D eigenvalue weighted by molar-refractivity contribution is -0.121. The minimum Gasteiger partial charge on any atom is -0.463 e. The van der Waals surface area contributed by atoms with E-state index >= 15 is 0 Å². The quantitative estimate of drug-likeness (QED) is 0.880. The van der Waals surface area contributed by atoms with Crippen LogP contribution >= 0.6 is 0 Å². The zero-order valence-electron chi connectivity index (χ0n) is 12.5. The number of carbonyl (C=O) groups excluding carboxylic acids is 1. The molecule has 0 aromatic carbocycles. The van der Waals surface area contributed by atoms with Gasteiger partial charge in [0, 0.05) is 11.9 Å². The Balaban J connectivity index is 1.90. The Morgan fingerprint density at radius 2 is 2.10 bits per heavy atom. The number of rotatable bonds is 5. The van der Waals surface area contributed by atoms with E-state index in [4.69, 9.17) is 4.42 Å². The van der Waals surface area contributed by atoms with Gasteiger partial charge in [-0.3, -0.25) is 9.78 Å². The smallest absolute Gasteiger partial charge is 0.224 e. The van der Waals surface area contributed by atoms with E-state index in [1.807, 2.05) is 26.0 Å². The van der Waals surface area contributed by atoms with Crippen molar-refractivity contribution in [3.05, 3.63) is 53.2 Å². The van der Waals surface area contributed by atoms with Gasteiger partial charge >= 0.3 is 0 Å². The van der Waals surface area contributed by atoms with Crippen LogP contribution in [0.5, 0.6) is 0 Å². The molecule has 0 aliphatic carbocycles. The minimum absolute atomic E-state index is 0.0953. The van der Waals surface area contributed by atoms with Crippen molar-refractivity contribution < 1.29 is 14.3 Å². The summed E-state index contributed by atoms with van der Waals surface area (Å²) < 4.78 is 5.40. The molecular weight excluding hydrogens is 268 g/mol. The van der Waals surface area contributed by atoms with Crippen molar-refractivity contribution in [2.45, 2.75) is 32.8 Å². The Morgan fingerprint density at radius 3 is 2.67 bits per heavy atom. The van der Waals surface area contributed by atoms with E-state index in [0.29, 0.717) is 5.76 Å². The molecule has 2 aromatic heterocycles. The van der Waals surface area contributed by atoms with Crippen LogP contribution in [0.15, 0.2) is 34.9 Å². The van der Waals surface area contributed by atoms with Crippen LogP contribution in [0.1, 0.15) is 29.7 Å². The molecule has 0 fully saturated rings. The van der Waals surface area contributed by atoms with Crippen molar-refractivity contribution in [1.82, 2.24) is 10.3 Å². The van der Waals surface area contributed by atoms with E-state index in [-0.39, 0.29) is 18.9 Å². The van der Waals surface area contributed by atoms with Crippen LogP contribution in [0.3, 0.4) is 0 Å².